The number of hydrogen-bond donors (Lipinski definition) is 2. The Hall–Kier alpha value is -3.22. The molecule has 2 N–H and O–H groups in total. The number of amides is 2. The van der Waals surface area contributed by atoms with Crippen LogP contribution in [0.5, 0.6) is 0 Å². The molecular formula is C19H20N4O4S. The fourth-order valence-electron chi connectivity index (χ4n) is 2.44. The highest BCUT2D eigenvalue weighted by atomic mass is 32.2. The predicted molar refractivity (Wildman–Crippen MR) is 105 cm³/mol. The number of carbonyl (C=O) groups excluding carboxylic acids is 2. The largest absolute Gasteiger partial charge is 0.326 e. The van der Waals surface area contributed by atoms with Crippen molar-refractivity contribution in [1.29, 1.82) is 5.26 Å². The van der Waals surface area contributed by atoms with Crippen LogP contribution in [0.4, 0.5) is 11.4 Å². The number of rotatable bonds is 7. The third-order valence-electron chi connectivity index (χ3n) is 3.76. The molecule has 9 heteroatoms. The Kier molecular flexibility index (Phi) is 6.87. The van der Waals surface area contributed by atoms with Gasteiger partial charge in [0, 0.05) is 24.8 Å². The van der Waals surface area contributed by atoms with Gasteiger partial charge in [-0.3, -0.25) is 9.59 Å². The van der Waals surface area contributed by atoms with Crippen LogP contribution in [-0.4, -0.2) is 37.6 Å². The Balaban J connectivity index is 2.10. The summed E-state index contributed by atoms with van der Waals surface area (Å²) < 4.78 is 26.6. The third-order valence-corrected chi connectivity index (χ3v) is 5.68. The average Bonchev–Trinajstić information content (AvgIpc) is 2.67. The minimum Gasteiger partial charge on any atom is -0.326 e. The first-order valence-corrected chi connectivity index (χ1v) is 9.88. The summed E-state index contributed by atoms with van der Waals surface area (Å²) in [4.78, 5) is 23.3. The van der Waals surface area contributed by atoms with Crippen LogP contribution < -0.4 is 10.6 Å². The molecule has 0 bridgehead atoms. The number of nitrogens with one attached hydrogen (secondary N) is 2. The van der Waals surface area contributed by atoms with Gasteiger partial charge < -0.3 is 10.6 Å². The monoisotopic (exact) mass is 400 g/mol. The lowest BCUT2D eigenvalue weighted by Crippen LogP contribution is -2.37. The van der Waals surface area contributed by atoms with E-state index in [2.05, 4.69) is 10.6 Å². The molecular weight excluding hydrogens is 380 g/mol. The molecule has 0 unspecified atom stereocenters. The highest BCUT2D eigenvalue weighted by molar-refractivity contribution is 7.89. The number of anilines is 2. The second kappa shape index (κ2) is 9.12. The summed E-state index contributed by atoms with van der Waals surface area (Å²) >= 11 is 0. The number of carbonyl (C=O) groups is 2. The van der Waals surface area contributed by atoms with E-state index >= 15 is 0 Å². The van der Waals surface area contributed by atoms with Crippen LogP contribution in [0, 0.1) is 11.3 Å². The molecule has 0 aliphatic rings. The molecule has 0 aliphatic carbocycles. The van der Waals surface area contributed by atoms with E-state index in [0.717, 1.165) is 4.31 Å². The number of sulfonamides is 1. The molecule has 0 atom stereocenters. The van der Waals surface area contributed by atoms with Crippen LogP contribution in [0.2, 0.25) is 0 Å². The molecule has 2 amide bonds. The summed E-state index contributed by atoms with van der Waals surface area (Å²) in [5.74, 6) is -0.713. The quantitative estimate of drug-likeness (QED) is 0.738. The van der Waals surface area contributed by atoms with Gasteiger partial charge in [0.1, 0.15) is 0 Å². The highest BCUT2D eigenvalue weighted by Gasteiger charge is 2.25. The zero-order chi connectivity index (χ0) is 20.7. The van der Waals surface area contributed by atoms with E-state index in [4.69, 9.17) is 5.26 Å². The molecule has 146 valence electrons. The van der Waals surface area contributed by atoms with E-state index < -0.39 is 15.9 Å². The van der Waals surface area contributed by atoms with Crippen molar-refractivity contribution in [3.63, 3.8) is 0 Å². The van der Waals surface area contributed by atoms with E-state index in [1.165, 1.54) is 31.2 Å². The minimum atomic E-state index is -3.92. The van der Waals surface area contributed by atoms with Gasteiger partial charge in [0.05, 0.1) is 23.1 Å². The molecule has 2 rings (SSSR count). The number of nitrogens with zero attached hydrogens (tertiary/aromatic N) is 2. The van der Waals surface area contributed by atoms with Crippen LogP contribution in [-0.2, 0) is 19.6 Å². The minimum absolute atomic E-state index is 0.0409. The van der Waals surface area contributed by atoms with Crippen LogP contribution >= 0.6 is 0 Å². The van der Waals surface area contributed by atoms with E-state index in [1.54, 1.807) is 31.2 Å². The van der Waals surface area contributed by atoms with Gasteiger partial charge in [0.15, 0.2) is 0 Å². The van der Waals surface area contributed by atoms with Crippen LogP contribution in [0.15, 0.2) is 53.4 Å². The van der Waals surface area contributed by atoms with Crippen molar-refractivity contribution in [3.8, 4) is 6.07 Å². The lowest BCUT2D eigenvalue weighted by molar-refractivity contribution is -0.116. The fraction of sp³-hybridized carbons (Fsp3) is 0.211. The summed E-state index contributed by atoms with van der Waals surface area (Å²) in [5, 5.41) is 14.2. The summed E-state index contributed by atoms with van der Waals surface area (Å²) in [6.07, 6.45) is 0. The predicted octanol–water partition coefficient (Wildman–Crippen LogP) is 2.17. The van der Waals surface area contributed by atoms with Crippen molar-refractivity contribution >= 4 is 33.2 Å². The Morgan fingerprint density at radius 1 is 1.07 bits per heavy atom. The fourth-order valence-corrected chi connectivity index (χ4v) is 3.89. The van der Waals surface area contributed by atoms with Crippen LogP contribution in [0.3, 0.4) is 0 Å². The first kappa shape index (κ1) is 21.1. The van der Waals surface area contributed by atoms with E-state index in [1.807, 2.05) is 6.07 Å². The summed E-state index contributed by atoms with van der Waals surface area (Å²) in [6.45, 7) is 2.74. The van der Waals surface area contributed by atoms with Gasteiger partial charge in [-0.05, 0) is 42.5 Å². The summed E-state index contributed by atoms with van der Waals surface area (Å²) in [5.41, 5.74) is 1.28. The highest BCUT2D eigenvalue weighted by Crippen LogP contribution is 2.18. The van der Waals surface area contributed by atoms with E-state index in [9.17, 15) is 18.0 Å². The van der Waals surface area contributed by atoms with E-state index in [0.29, 0.717) is 11.4 Å². The third kappa shape index (κ3) is 5.39. The van der Waals surface area contributed by atoms with Crippen molar-refractivity contribution in [1.82, 2.24) is 4.31 Å². The maximum atomic E-state index is 12.8. The molecule has 8 nitrogen and oxygen atoms in total. The molecule has 0 saturated carbocycles. The molecule has 0 fully saturated rings. The Bertz CT molecular complexity index is 1010. The first-order valence-electron chi connectivity index (χ1n) is 8.44. The topological polar surface area (TPSA) is 119 Å². The number of nitriles is 1. The lowest BCUT2D eigenvalue weighted by atomic mass is 10.2. The second-order valence-electron chi connectivity index (χ2n) is 5.88. The molecule has 0 heterocycles. The van der Waals surface area contributed by atoms with Crippen molar-refractivity contribution in [2.45, 2.75) is 18.7 Å². The van der Waals surface area contributed by atoms with Gasteiger partial charge in [-0.1, -0.05) is 13.0 Å². The van der Waals surface area contributed by atoms with Crippen molar-refractivity contribution < 1.29 is 18.0 Å². The zero-order valence-corrected chi connectivity index (χ0v) is 16.3. The second-order valence-corrected chi connectivity index (χ2v) is 7.82. The normalized spacial score (nSPS) is 10.9. The molecule has 0 radical (unpaired) electrons. The van der Waals surface area contributed by atoms with E-state index in [-0.39, 0.29) is 29.5 Å². The number of likely N-dealkylation sites (N-methyl/N-ethyl adjacent to an activating group) is 1. The molecule has 28 heavy (non-hydrogen) atoms. The Labute approximate surface area is 163 Å². The summed E-state index contributed by atoms with van der Waals surface area (Å²) in [7, 11) is -3.92. The number of hydrogen-bond acceptors (Lipinski definition) is 5. The molecule has 0 aromatic heterocycles. The average molecular weight is 400 g/mol. The van der Waals surface area contributed by atoms with Gasteiger partial charge in [0.2, 0.25) is 21.8 Å². The molecule has 2 aromatic rings. The maximum absolute atomic E-state index is 12.8. The van der Waals surface area contributed by atoms with Crippen LogP contribution in [0.1, 0.15) is 19.4 Å². The van der Waals surface area contributed by atoms with Gasteiger partial charge >= 0.3 is 0 Å². The first-order chi connectivity index (χ1) is 13.3. The Morgan fingerprint density at radius 3 is 2.21 bits per heavy atom. The van der Waals surface area contributed by atoms with Gasteiger partial charge in [0.25, 0.3) is 0 Å². The van der Waals surface area contributed by atoms with Crippen LogP contribution in [0.25, 0.3) is 0 Å². The standard InChI is InChI=1S/C19H20N4O4S/c1-3-23(28(26,27)18-6-4-5-15(11-18)12-20)13-19(25)22-17-9-7-16(8-10-17)21-14(2)24/h4-11H,3,13H2,1-2H3,(H,21,24)(H,22,25). The molecule has 2 aromatic carbocycles. The molecule has 0 aliphatic heterocycles. The molecule has 0 saturated heterocycles. The Morgan fingerprint density at radius 2 is 1.68 bits per heavy atom. The molecule has 0 spiro atoms. The summed E-state index contributed by atoms with van der Waals surface area (Å²) in [6, 6.07) is 14.0. The number of benzene rings is 2. The van der Waals surface area contributed by atoms with Crippen molar-refractivity contribution in [3.05, 3.63) is 54.1 Å². The van der Waals surface area contributed by atoms with Gasteiger partial charge in [-0.15, -0.1) is 0 Å². The van der Waals surface area contributed by atoms with Gasteiger partial charge in [-0.2, -0.15) is 9.57 Å². The van der Waals surface area contributed by atoms with Crippen molar-refractivity contribution in [2.24, 2.45) is 0 Å². The van der Waals surface area contributed by atoms with Crippen molar-refractivity contribution in [2.75, 3.05) is 23.7 Å². The lowest BCUT2D eigenvalue weighted by Gasteiger charge is -2.20. The zero-order valence-electron chi connectivity index (χ0n) is 15.5. The SMILES string of the molecule is CCN(CC(=O)Nc1ccc(NC(C)=O)cc1)S(=O)(=O)c1cccc(C#N)c1. The van der Waals surface area contributed by atoms with Gasteiger partial charge in [-0.25, -0.2) is 8.42 Å². The smallest absolute Gasteiger partial charge is 0.243 e. The maximum Gasteiger partial charge on any atom is 0.243 e.